The molecule has 0 spiro atoms. The van der Waals surface area contributed by atoms with Crippen LogP contribution in [0.5, 0.6) is 0 Å². The number of halogens is 1. The van der Waals surface area contributed by atoms with E-state index < -0.39 is 0 Å². The van der Waals surface area contributed by atoms with E-state index >= 15 is 0 Å². The summed E-state index contributed by atoms with van der Waals surface area (Å²) in [5.41, 5.74) is 1.31. The molecule has 0 fully saturated rings. The Kier molecular flexibility index (Phi) is 11.3. The average Bonchev–Trinajstić information content (AvgIpc) is 2.46. The van der Waals surface area contributed by atoms with Crippen molar-refractivity contribution < 1.29 is 0 Å². The van der Waals surface area contributed by atoms with Crippen molar-refractivity contribution in [2.24, 2.45) is 10.9 Å². The standard InChI is InChI=1S/C17H30N4.HI/c1-14(2)11-12-19-17(18-3)20-13-16(21(4)5)15-9-7-6-8-10-15;/h6-10,14,16H,11-13H2,1-5H3,(H2,18,19,20);1H. The fourth-order valence-electron chi connectivity index (χ4n) is 2.17. The van der Waals surface area contributed by atoms with Gasteiger partial charge < -0.3 is 15.5 Å². The average molecular weight is 418 g/mol. The van der Waals surface area contributed by atoms with Crippen molar-refractivity contribution in [3.05, 3.63) is 35.9 Å². The van der Waals surface area contributed by atoms with Crippen LogP contribution in [-0.4, -0.2) is 45.1 Å². The molecule has 0 heterocycles. The van der Waals surface area contributed by atoms with E-state index in [1.165, 1.54) is 5.56 Å². The first kappa shape index (κ1) is 21.2. The second-order valence-corrected chi connectivity index (χ2v) is 5.95. The molecule has 1 atom stereocenters. The highest BCUT2D eigenvalue weighted by Gasteiger charge is 2.14. The van der Waals surface area contributed by atoms with Crippen LogP contribution in [0.2, 0.25) is 0 Å². The minimum absolute atomic E-state index is 0. The van der Waals surface area contributed by atoms with Crippen LogP contribution in [0.15, 0.2) is 35.3 Å². The van der Waals surface area contributed by atoms with Crippen molar-refractivity contribution in [2.45, 2.75) is 26.3 Å². The smallest absolute Gasteiger partial charge is 0.191 e. The predicted octanol–water partition coefficient (Wildman–Crippen LogP) is 3.12. The van der Waals surface area contributed by atoms with Gasteiger partial charge in [-0.05, 0) is 32.0 Å². The van der Waals surface area contributed by atoms with Gasteiger partial charge in [0.05, 0.1) is 6.04 Å². The van der Waals surface area contributed by atoms with Crippen LogP contribution in [0.25, 0.3) is 0 Å². The van der Waals surface area contributed by atoms with Gasteiger partial charge in [0, 0.05) is 20.1 Å². The second-order valence-electron chi connectivity index (χ2n) is 5.95. The molecule has 1 rings (SSSR count). The van der Waals surface area contributed by atoms with Gasteiger partial charge in [0.2, 0.25) is 0 Å². The van der Waals surface area contributed by atoms with Gasteiger partial charge in [-0.3, -0.25) is 4.99 Å². The van der Waals surface area contributed by atoms with Crippen molar-refractivity contribution in [2.75, 3.05) is 34.2 Å². The molecule has 2 N–H and O–H groups in total. The monoisotopic (exact) mass is 418 g/mol. The molecule has 126 valence electrons. The third kappa shape index (κ3) is 7.98. The fraction of sp³-hybridized carbons (Fsp3) is 0.588. The van der Waals surface area contributed by atoms with Crippen LogP contribution in [0.4, 0.5) is 0 Å². The van der Waals surface area contributed by atoms with E-state index in [2.05, 4.69) is 78.8 Å². The Morgan fingerprint density at radius 2 is 1.77 bits per heavy atom. The summed E-state index contributed by atoms with van der Waals surface area (Å²) in [6.07, 6.45) is 1.15. The number of nitrogens with one attached hydrogen (secondary N) is 2. The van der Waals surface area contributed by atoms with Crippen molar-refractivity contribution in [1.29, 1.82) is 0 Å². The summed E-state index contributed by atoms with van der Waals surface area (Å²) in [7, 11) is 6.03. The zero-order chi connectivity index (χ0) is 15.7. The highest BCUT2D eigenvalue weighted by atomic mass is 127. The first-order chi connectivity index (χ1) is 10.0. The van der Waals surface area contributed by atoms with Crippen molar-refractivity contribution in [3.63, 3.8) is 0 Å². The highest BCUT2D eigenvalue weighted by Crippen LogP contribution is 2.16. The lowest BCUT2D eigenvalue weighted by atomic mass is 10.1. The molecule has 5 heteroatoms. The van der Waals surface area contributed by atoms with E-state index in [1.54, 1.807) is 0 Å². The molecule has 22 heavy (non-hydrogen) atoms. The topological polar surface area (TPSA) is 39.7 Å². The largest absolute Gasteiger partial charge is 0.356 e. The first-order valence-electron chi connectivity index (χ1n) is 7.70. The van der Waals surface area contributed by atoms with E-state index in [9.17, 15) is 0 Å². The zero-order valence-corrected chi connectivity index (χ0v) is 16.8. The summed E-state index contributed by atoms with van der Waals surface area (Å²) in [5, 5.41) is 6.79. The van der Waals surface area contributed by atoms with E-state index in [4.69, 9.17) is 0 Å². The maximum absolute atomic E-state index is 4.29. The molecule has 0 saturated heterocycles. The number of benzene rings is 1. The lowest BCUT2D eigenvalue weighted by Gasteiger charge is -2.26. The predicted molar refractivity (Wildman–Crippen MR) is 107 cm³/mol. The number of likely N-dealkylation sites (N-methyl/N-ethyl adjacent to an activating group) is 1. The van der Waals surface area contributed by atoms with E-state index in [-0.39, 0.29) is 24.0 Å². The van der Waals surface area contributed by atoms with Crippen LogP contribution < -0.4 is 10.6 Å². The third-order valence-corrected chi connectivity index (χ3v) is 3.51. The van der Waals surface area contributed by atoms with E-state index in [0.29, 0.717) is 12.0 Å². The maximum Gasteiger partial charge on any atom is 0.191 e. The molecular formula is C17H31IN4. The van der Waals surface area contributed by atoms with E-state index in [0.717, 1.165) is 25.5 Å². The Bertz CT molecular complexity index is 418. The van der Waals surface area contributed by atoms with Gasteiger partial charge in [-0.25, -0.2) is 0 Å². The van der Waals surface area contributed by atoms with E-state index in [1.807, 2.05) is 7.05 Å². The summed E-state index contributed by atoms with van der Waals surface area (Å²) in [6, 6.07) is 10.9. The van der Waals surface area contributed by atoms with Crippen molar-refractivity contribution >= 4 is 29.9 Å². The number of rotatable bonds is 7. The Balaban J connectivity index is 0.00000441. The summed E-state index contributed by atoms with van der Waals surface area (Å²) < 4.78 is 0. The van der Waals surface area contributed by atoms with Crippen molar-refractivity contribution in [1.82, 2.24) is 15.5 Å². The molecule has 0 saturated carbocycles. The SMILES string of the molecule is CN=C(NCCC(C)C)NCC(c1ccccc1)N(C)C.I. The highest BCUT2D eigenvalue weighted by molar-refractivity contribution is 14.0. The Hall–Kier alpha value is -0.820. The van der Waals surface area contributed by atoms with Gasteiger partial charge >= 0.3 is 0 Å². The molecule has 1 aromatic rings. The molecular weight excluding hydrogens is 387 g/mol. The minimum atomic E-state index is 0. The number of nitrogens with zero attached hydrogens (tertiary/aromatic N) is 2. The molecule has 0 aliphatic carbocycles. The summed E-state index contributed by atoms with van der Waals surface area (Å²) in [4.78, 5) is 6.51. The van der Waals surface area contributed by atoms with Gasteiger partial charge in [-0.2, -0.15) is 0 Å². The molecule has 0 aromatic heterocycles. The lowest BCUT2D eigenvalue weighted by Crippen LogP contribution is -2.42. The molecule has 1 aromatic carbocycles. The maximum atomic E-state index is 4.29. The number of aliphatic imine (C=N–C) groups is 1. The summed E-state index contributed by atoms with van der Waals surface area (Å²) in [6.45, 7) is 6.25. The Morgan fingerprint density at radius 3 is 2.27 bits per heavy atom. The van der Waals surface area contributed by atoms with Crippen LogP contribution in [0.1, 0.15) is 31.9 Å². The zero-order valence-electron chi connectivity index (χ0n) is 14.5. The normalized spacial score (nSPS) is 13.0. The first-order valence-corrected chi connectivity index (χ1v) is 7.70. The third-order valence-electron chi connectivity index (χ3n) is 3.51. The van der Waals surface area contributed by atoms with Gasteiger partial charge in [0.15, 0.2) is 5.96 Å². The molecule has 0 aliphatic heterocycles. The van der Waals surface area contributed by atoms with Gasteiger partial charge in [0.25, 0.3) is 0 Å². The second kappa shape index (κ2) is 11.7. The quantitative estimate of drug-likeness (QED) is 0.406. The summed E-state index contributed by atoms with van der Waals surface area (Å²) >= 11 is 0. The van der Waals surface area contributed by atoms with Crippen LogP contribution in [0, 0.1) is 5.92 Å². The van der Waals surface area contributed by atoms with Gasteiger partial charge in [-0.15, -0.1) is 24.0 Å². The van der Waals surface area contributed by atoms with Crippen LogP contribution >= 0.6 is 24.0 Å². The van der Waals surface area contributed by atoms with Crippen molar-refractivity contribution in [3.8, 4) is 0 Å². The lowest BCUT2D eigenvalue weighted by molar-refractivity contribution is 0.298. The summed E-state index contributed by atoms with van der Waals surface area (Å²) in [5.74, 6) is 1.58. The molecule has 0 radical (unpaired) electrons. The molecule has 0 aliphatic rings. The number of hydrogen-bond acceptors (Lipinski definition) is 2. The molecule has 4 nitrogen and oxygen atoms in total. The Labute approximate surface area is 152 Å². The van der Waals surface area contributed by atoms with Crippen LogP contribution in [-0.2, 0) is 0 Å². The van der Waals surface area contributed by atoms with Gasteiger partial charge in [-0.1, -0.05) is 44.2 Å². The minimum Gasteiger partial charge on any atom is -0.356 e. The van der Waals surface area contributed by atoms with Crippen LogP contribution in [0.3, 0.4) is 0 Å². The Morgan fingerprint density at radius 1 is 1.14 bits per heavy atom. The number of hydrogen-bond donors (Lipinski definition) is 2. The van der Waals surface area contributed by atoms with Gasteiger partial charge in [0.1, 0.15) is 0 Å². The molecule has 0 amide bonds. The fourth-order valence-corrected chi connectivity index (χ4v) is 2.17. The number of guanidine groups is 1. The molecule has 0 bridgehead atoms. The molecule has 1 unspecified atom stereocenters.